The quantitative estimate of drug-likeness (QED) is 0.425. The van der Waals surface area contributed by atoms with Gasteiger partial charge in [0.15, 0.2) is 5.16 Å². The van der Waals surface area contributed by atoms with Crippen molar-refractivity contribution in [3.63, 3.8) is 0 Å². The van der Waals surface area contributed by atoms with Crippen molar-refractivity contribution in [2.45, 2.75) is 11.6 Å². The highest BCUT2D eigenvalue weighted by Crippen LogP contribution is 2.15. The molecule has 8 nitrogen and oxygen atoms in total. The van der Waals surface area contributed by atoms with Gasteiger partial charge in [-0.1, -0.05) is 35.5 Å². The highest BCUT2D eigenvalue weighted by atomic mass is 35.5. The number of thioether (sulfide) groups is 1. The summed E-state index contributed by atoms with van der Waals surface area (Å²) in [7, 11) is 1.30. The molecule has 1 aromatic heterocycles. The van der Waals surface area contributed by atoms with Gasteiger partial charge in [0.1, 0.15) is 5.82 Å². The Hall–Kier alpha value is -3.17. The van der Waals surface area contributed by atoms with Crippen LogP contribution in [0.2, 0.25) is 5.02 Å². The number of nitrogens with one attached hydrogen (secondary N) is 2. The number of aromatic amines is 1. The molecule has 0 unspecified atom stereocenters. The smallest absolute Gasteiger partial charge is 0.348 e. The van der Waals surface area contributed by atoms with E-state index in [4.69, 9.17) is 11.6 Å². The van der Waals surface area contributed by atoms with Crippen LogP contribution >= 0.6 is 23.4 Å². The Morgan fingerprint density at radius 1 is 1.10 bits per heavy atom. The van der Waals surface area contributed by atoms with E-state index in [0.717, 1.165) is 17.3 Å². The summed E-state index contributed by atoms with van der Waals surface area (Å²) in [5, 5.41) is 3.53. The fourth-order valence-corrected chi connectivity index (χ4v) is 3.27. The van der Waals surface area contributed by atoms with E-state index in [2.05, 4.69) is 25.0 Å². The van der Waals surface area contributed by atoms with Crippen LogP contribution in [0.25, 0.3) is 0 Å². The van der Waals surface area contributed by atoms with Crippen LogP contribution in [0.1, 0.15) is 21.7 Å². The minimum Gasteiger partial charge on any atom is -0.465 e. The van der Waals surface area contributed by atoms with Crippen LogP contribution in [0.15, 0.2) is 58.5 Å². The number of hydrogen-bond donors (Lipinski definition) is 2. The second-order valence-electron chi connectivity index (χ2n) is 6.09. The summed E-state index contributed by atoms with van der Waals surface area (Å²) in [6.45, 7) is 0. The zero-order valence-electron chi connectivity index (χ0n) is 15.8. The second-order valence-corrected chi connectivity index (χ2v) is 7.47. The topological polar surface area (TPSA) is 114 Å². The van der Waals surface area contributed by atoms with Crippen LogP contribution < -0.4 is 11.0 Å². The molecule has 154 valence electrons. The van der Waals surface area contributed by atoms with Gasteiger partial charge < -0.3 is 10.1 Å². The maximum atomic E-state index is 12.2. The lowest BCUT2D eigenvalue weighted by Crippen LogP contribution is -2.18. The van der Waals surface area contributed by atoms with Crippen molar-refractivity contribution in [2.75, 3.05) is 18.2 Å². The number of carbonyl (C=O) groups is 2. The fourth-order valence-electron chi connectivity index (χ4n) is 2.49. The van der Waals surface area contributed by atoms with Gasteiger partial charge in [-0.25, -0.2) is 14.6 Å². The molecule has 0 fully saturated rings. The number of methoxy groups -OCH3 is 1. The molecule has 0 atom stereocenters. The van der Waals surface area contributed by atoms with Crippen molar-refractivity contribution in [3.05, 3.63) is 81.0 Å². The Labute approximate surface area is 181 Å². The van der Waals surface area contributed by atoms with Crippen molar-refractivity contribution in [3.8, 4) is 0 Å². The minimum absolute atomic E-state index is 0.0165. The van der Waals surface area contributed by atoms with Gasteiger partial charge in [-0.15, -0.1) is 0 Å². The number of carbonyl (C=O) groups excluding carboxylic acids is 2. The van der Waals surface area contributed by atoms with Crippen LogP contribution in [0.4, 0.5) is 5.69 Å². The molecule has 0 spiro atoms. The van der Waals surface area contributed by atoms with Crippen molar-refractivity contribution >= 4 is 40.9 Å². The Bertz CT molecular complexity index is 1100. The minimum atomic E-state index is -0.532. The Morgan fingerprint density at radius 2 is 1.80 bits per heavy atom. The van der Waals surface area contributed by atoms with Crippen molar-refractivity contribution in [1.29, 1.82) is 0 Å². The van der Waals surface area contributed by atoms with Crippen LogP contribution in [0.5, 0.6) is 0 Å². The van der Waals surface area contributed by atoms with E-state index in [9.17, 15) is 14.4 Å². The van der Waals surface area contributed by atoms with Gasteiger partial charge >= 0.3 is 11.7 Å². The lowest BCUT2D eigenvalue weighted by molar-refractivity contribution is -0.113. The van der Waals surface area contributed by atoms with E-state index in [0.29, 0.717) is 28.5 Å². The van der Waals surface area contributed by atoms with Crippen molar-refractivity contribution < 1.29 is 14.3 Å². The van der Waals surface area contributed by atoms with E-state index in [-0.39, 0.29) is 16.8 Å². The monoisotopic (exact) mass is 444 g/mol. The van der Waals surface area contributed by atoms with Crippen molar-refractivity contribution in [1.82, 2.24) is 15.0 Å². The standard InChI is InChI=1S/C20H17ClN4O4S/c1-29-18(27)13-4-8-15(9-5-13)22-17(26)11-30-20-24-16(23-19(28)25-20)10-12-2-6-14(21)7-3-12/h2-9H,10-11H2,1H3,(H,22,26)(H,23,24,25,28). The third-order valence-corrected chi connectivity index (χ3v) is 4.99. The van der Waals surface area contributed by atoms with Crippen molar-refractivity contribution in [2.24, 2.45) is 0 Å². The summed E-state index contributed by atoms with van der Waals surface area (Å²) >= 11 is 6.93. The molecule has 0 saturated heterocycles. The van der Waals surface area contributed by atoms with Gasteiger partial charge in [0.25, 0.3) is 0 Å². The number of anilines is 1. The van der Waals surface area contributed by atoms with Crippen LogP contribution in [-0.2, 0) is 16.0 Å². The first kappa shape index (κ1) is 21.5. The molecule has 2 N–H and O–H groups in total. The first-order valence-electron chi connectivity index (χ1n) is 8.75. The number of hydrogen-bond acceptors (Lipinski definition) is 7. The molecule has 0 aliphatic carbocycles. The summed E-state index contributed by atoms with van der Waals surface area (Å²) < 4.78 is 4.63. The number of H-pyrrole nitrogens is 1. The average Bonchev–Trinajstić information content (AvgIpc) is 2.73. The molecule has 3 aromatic rings. The second kappa shape index (κ2) is 10.0. The lowest BCUT2D eigenvalue weighted by atomic mass is 10.1. The van der Waals surface area contributed by atoms with Gasteiger partial charge in [0.05, 0.1) is 18.4 Å². The largest absolute Gasteiger partial charge is 0.465 e. The molecule has 0 bridgehead atoms. The molecular weight excluding hydrogens is 428 g/mol. The van der Waals surface area contributed by atoms with Crippen LogP contribution in [0, 0.1) is 0 Å². The van der Waals surface area contributed by atoms with Gasteiger partial charge in [-0.05, 0) is 42.0 Å². The third kappa shape index (κ3) is 6.16. The third-order valence-electron chi connectivity index (χ3n) is 3.89. The van der Waals surface area contributed by atoms with Crippen LogP contribution in [-0.4, -0.2) is 39.7 Å². The number of amides is 1. The number of aromatic nitrogens is 3. The van der Waals surface area contributed by atoms with Gasteiger partial charge in [-0.2, -0.15) is 4.98 Å². The zero-order valence-corrected chi connectivity index (χ0v) is 17.4. The molecule has 10 heteroatoms. The molecule has 1 amide bonds. The molecule has 0 saturated carbocycles. The van der Waals surface area contributed by atoms with E-state index < -0.39 is 11.7 Å². The van der Waals surface area contributed by atoms with Gasteiger partial charge in [-0.3, -0.25) is 9.78 Å². The molecule has 3 rings (SSSR count). The predicted octanol–water partition coefficient (Wildman–Crippen LogP) is 2.93. The molecule has 2 aromatic carbocycles. The maximum Gasteiger partial charge on any atom is 0.348 e. The van der Waals surface area contributed by atoms with Crippen LogP contribution in [0.3, 0.4) is 0 Å². The van der Waals surface area contributed by atoms with E-state index in [1.54, 1.807) is 36.4 Å². The first-order valence-corrected chi connectivity index (χ1v) is 10.1. The molecule has 0 radical (unpaired) electrons. The number of nitrogens with zero attached hydrogens (tertiary/aromatic N) is 2. The van der Waals surface area contributed by atoms with E-state index >= 15 is 0 Å². The molecule has 1 heterocycles. The van der Waals surface area contributed by atoms with Gasteiger partial charge in [0, 0.05) is 17.1 Å². The summed E-state index contributed by atoms with van der Waals surface area (Å²) in [4.78, 5) is 46.1. The number of ether oxygens (including phenoxy) is 1. The maximum absolute atomic E-state index is 12.2. The molecule has 0 aliphatic heterocycles. The summed E-state index contributed by atoms with van der Waals surface area (Å²) in [6.07, 6.45) is 0.404. The Balaban J connectivity index is 1.59. The van der Waals surface area contributed by atoms with E-state index in [1.807, 2.05) is 12.1 Å². The molecular formula is C20H17ClN4O4S. The number of benzene rings is 2. The number of halogens is 1. The summed E-state index contributed by atoms with van der Waals surface area (Å²) in [5.41, 5.74) is 1.31. The lowest BCUT2D eigenvalue weighted by Gasteiger charge is -2.06. The highest BCUT2D eigenvalue weighted by Gasteiger charge is 2.10. The average molecular weight is 445 g/mol. The predicted molar refractivity (Wildman–Crippen MR) is 114 cm³/mol. The normalized spacial score (nSPS) is 10.5. The molecule has 0 aliphatic rings. The van der Waals surface area contributed by atoms with E-state index in [1.165, 1.54) is 7.11 Å². The summed E-state index contributed by atoms with van der Waals surface area (Å²) in [6, 6.07) is 13.5. The first-order chi connectivity index (χ1) is 14.4. The fraction of sp³-hybridized carbons (Fsp3) is 0.150. The Kier molecular flexibility index (Phi) is 7.21. The number of rotatable bonds is 7. The summed E-state index contributed by atoms with van der Waals surface area (Å²) in [5.74, 6) is -0.292. The number of esters is 1. The SMILES string of the molecule is COC(=O)c1ccc(NC(=O)CSc2nc(Cc3ccc(Cl)cc3)[nH]c(=O)n2)cc1. The molecule has 30 heavy (non-hydrogen) atoms. The Morgan fingerprint density at radius 3 is 2.47 bits per heavy atom. The highest BCUT2D eigenvalue weighted by molar-refractivity contribution is 7.99. The van der Waals surface area contributed by atoms with Gasteiger partial charge in [0.2, 0.25) is 5.91 Å². The zero-order chi connectivity index (χ0) is 21.5.